The zero-order valence-corrected chi connectivity index (χ0v) is 20.4. The summed E-state index contributed by atoms with van der Waals surface area (Å²) in [6.45, 7) is 5.52. The fourth-order valence-corrected chi connectivity index (χ4v) is 5.54. The summed E-state index contributed by atoms with van der Waals surface area (Å²) in [5.74, 6) is 0.842. The first kappa shape index (κ1) is 25.5. The molecule has 1 N–H and O–H groups in total. The van der Waals surface area contributed by atoms with Gasteiger partial charge in [-0.3, -0.25) is 4.79 Å². The van der Waals surface area contributed by atoms with Crippen LogP contribution in [0.1, 0.15) is 68.2 Å². The number of aliphatic hydroxyl groups excluding tert-OH is 1. The van der Waals surface area contributed by atoms with E-state index < -0.39 is 11.7 Å². The lowest BCUT2D eigenvalue weighted by Crippen LogP contribution is -2.24. The minimum Gasteiger partial charge on any atom is -0.512 e. The fourth-order valence-electron chi connectivity index (χ4n) is 5.54. The maximum absolute atomic E-state index is 13.3. The molecule has 6 heteroatoms. The van der Waals surface area contributed by atoms with Crippen molar-refractivity contribution in [3.8, 4) is 11.1 Å². The highest BCUT2D eigenvalue weighted by atomic mass is 19.4. The number of rotatable bonds is 6. The molecule has 2 aliphatic rings. The third-order valence-electron chi connectivity index (χ3n) is 7.39. The highest BCUT2D eigenvalue weighted by Crippen LogP contribution is 2.40. The van der Waals surface area contributed by atoms with Gasteiger partial charge in [-0.2, -0.15) is 13.2 Å². The molecule has 2 aromatic carbocycles. The first-order chi connectivity index (χ1) is 16.7. The van der Waals surface area contributed by atoms with Gasteiger partial charge in [0.25, 0.3) is 0 Å². The summed E-state index contributed by atoms with van der Waals surface area (Å²) in [4.78, 5) is 13.3. The number of hydrogen-bond donors (Lipinski definition) is 1. The zero-order chi connectivity index (χ0) is 25.2. The van der Waals surface area contributed by atoms with Crippen LogP contribution in [0.2, 0.25) is 0 Å². The topological polar surface area (TPSA) is 46.5 Å². The van der Waals surface area contributed by atoms with E-state index in [2.05, 4.69) is 0 Å². The second-order valence-corrected chi connectivity index (χ2v) is 9.76. The molecule has 0 bridgehead atoms. The fraction of sp³-hybridized carbons (Fsp3) is 0.483. The normalized spacial score (nSPS) is 19.9. The Balaban J connectivity index is 1.66. The van der Waals surface area contributed by atoms with E-state index in [0.29, 0.717) is 42.7 Å². The molecular weight excluding hydrogens is 453 g/mol. The number of carbonyl (C=O) groups is 1. The number of carbonyl (C=O) groups excluding carboxylic acids is 1. The van der Waals surface area contributed by atoms with Crippen molar-refractivity contribution in [1.29, 1.82) is 0 Å². The van der Waals surface area contributed by atoms with Gasteiger partial charge in [-0.1, -0.05) is 38.1 Å². The van der Waals surface area contributed by atoms with Gasteiger partial charge < -0.3 is 9.84 Å². The van der Waals surface area contributed by atoms with Crippen LogP contribution in [0.5, 0.6) is 0 Å². The average Bonchev–Trinajstić information content (AvgIpc) is 2.83. The van der Waals surface area contributed by atoms with Crippen LogP contribution < -0.4 is 0 Å². The highest BCUT2D eigenvalue weighted by Gasteiger charge is 2.33. The second kappa shape index (κ2) is 10.6. The molecule has 1 heterocycles. The molecule has 1 saturated heterocycles. The Labute approximate surface area is 205 Å². The van der Waals surface area contributed by atoms with Crippen molar-refractivity contribution in [1.82, 2.24) is 0 Å². The first-order valence-corrected chi connectivity index (χ1v) is 12.6. The average molecular weight is 487 g/mol. The standard InChI is InChI=1S/C29H33F3O3/c1-3-20-16-23(22-5-7-24(8-6-22)29(30,31)32)17-21(4-2)27(20)28-25(33)14-19(15-26(28)34)13-18-9-11-35-12-10-18/h5-8,16-19,33H,3-4,9-15H2,1-2H3. The van der Waals surface area contributed by atoms with Crippen molar-refractivity contribution in [2.45, 2.75) is 65.0 Å². The molecule has 188 valence electrons. The number of benzene rings is 2. The molecule has 0 aromatic heterocycles. The van der Waals surface area contributed by atoms with Gasteiger partial charge in [0, 0.05) is 26.1 Å². The van der Waals surface area contributed by atoms with Gasteiger partial charge in [0.2, 0.25) is 0 Å². The van der Waals surface area contributed by atoms with Gasteiger partial charge in [-0.05, 0) is 83.9 Å². The summed E-state index contributed by atoms with van der Waals surface area (Å²) in [5, 5.41) is 11.1. The molecule has 4 rings (SSSR count). The molecule has 0 radical (unpaired) electrons. The van der Waals surface area contributed by atoms with Crippen molar-refractivity contribution in [2.24, 2.45) is 11.8 Å². The Morgan fingerprint density at radius 1 is 0.914 bits per heavy atom. The molecule has 1 aliphatic carbocycles. The van der Waals surface area contributed by atoms with Crippen LogP contribution in [0.3, 0.4) is 0 Å². The summed E-state index contributed by atoms with van der Waals surface area (Å²) in [5.41, 5.74) is 3.92. The number of aliphatic hydroxyl groups is 1. The molecule has 0 amide bonds. The van der Waals surface area contributed by atoms with Crippen molar-refractivity contribution in [3.05, 3.63) is 64.4 Å². The molecule has 1 fully saturated rings. The maximum Gasteiger partial charge on any atom is 0.416 e. The zero-order valence-electron chi connectivity index (χ0n) is 20.4. The van der Waals surface area contributed by atoms with Crippen LogP contribution in [0.25, 0.3) is 16.7 Å². The largest absolute Gasteiger partial charge is 0.512 e. The van der Waals surface area contributed by atoms with Gasteiger partial charge in [0.05, 0.1) is 11.1 Å². The maximum atomic E-state index is 13.3. The first-order valence-electron chi connectivity index (χ1n) is 12.6. The monoisotopic (exact) mass is 486 g/mol. The number of alkyl halides is 3. The molecule has 3 nitrogen and oxygen atoms in total. The van der Waals surface area contributed by atoms with E-state index in [1.54, 1.807) is 0 Å². The minimum absolute atomic E-state index is 0.0162. The predicted molar refractivity (Wildman–Crippen MR) is 131 cm³/mol. The van der Waals surface area contributed by atoms with Crippen molar-refractivity contribution >= 4 is 11.4 Å². The van der Waals surface area contributed by atoms with Crippen LogP contribution in [-0.2, 0) is 28.5 Å². The Morgan fingerprint density at radius 3 is 2.03 bits per heavy atom. The van der Waals surface area contributed by atoms with Gasteiger partial charge in [-0.15, -0.1) is 0 Å². The van der Waals surface area contributed by atoms with Crippen molar-refractivity contribution in [3.63, 3.8) is 0 Å². The van der Waals surface area contributed by atoms with E-state index >= 15 is 0 Å². The minimum atomic E-state index is -4.38. The predicted octanol–water partition coefficient (Wildman–Crippen LogP) is 7.56. The Hall–Kier alpha value is -2.60. The molecule has 35 heavy (non-hydrogen) atoms. The van der Waals surface area contributed by atoms with Crippen LogP contribution in [0.15, 0.2) is 42.2 Å². The molecule has 2 aromatic rings. The van der Waals surface area contributed by atoms with E-state index in [4.69, 9.17) is 4.74 Å². The molecule has 0 saturated carbocycles. The summed E-state index contributed by atoms with van der Waals surface area (Å²) in [7, 11) is 0. The molecule has 1 aliphatic heterocycles. The molecule has 1 atom stereocenters. The number of ketones is 1. The van der Waals surface area contributed by atoms with Crippen LogP contribution >= 0.6 is 0 Å². The van der Waals surface area contributed by atoms with E-state index in [1.165, 1.54) is 12.1 Å². The van der Waals surface area contributed by atoms with E-state index in [9.17, 15) is 23.1 Å². The van der Waals surface area contributed by atoms with E-state index in [1.807, 2.05) is 26.0 Å². The van der Waals surface area contributed by atoms with Gasteiger partial charge in [-0.25, -0.2) is 0 Å². The number of ether oxygens (including phenoxy) is 1. The summed E-state index contributed by atoms with van der Waals surface area (Å²) < 4.78 is 44.4. The van der Waals surface area contributed by atoms with E-state index in [0.717, 1.165) is 66.9 Å². The lowest BCUT2D eigenvalue weighted by Gasteiger charge is -2.30. The lowest BCUT2D eigenvalue weighted by molar-refractivity contribution is -0.137. The molecule has 0 spiro atoms. The third-order valence-corrected chi connectivity index (χ3v) is 7.39. The third kappa shape index (κ3) is 5.64. The number of hydrogen-bond acceptors (Lipinski definition) is 3. The number of Topliss-reactive ketones (excluding diaryl/α,β-unsaturated/α-hetero) is 1. The quantitative estimate of drug-likeness (QED) is 0.458. The van der Waals surface area contributed by atoms with Gasteiger partial charge in [0.1, 0.15) is 5.76 Å². The summed E-state index contributed by atoms with van der Waals surface area (Å²) in [6, 6.07) is 9.05. The Kier molecular flexibility index (Phi) is 7.70. The highest BCUT2D eigenvalue weighted by molar-refractivity contribution is 6.22. The second-order valence-electron chi connectivity index (χ2n) is 9.76. The Bertz CT molecular complexity index is 1070. The smallest absolute Gasteiger partial charge is 0.416 e. The van der Waals surface area contributed by atoms with Gasteiger partial charge in [0.15, 0.2) is 5.78 Å². The number of allylic oxidation sites excluding steroid dienone is 2. The SMILES string of the molecule is CCc1cc(-c2ccc(C(F)(F)F)cc2)cc(CC)c1C1=C(O)CC(CC2CCOCC2)CC1=O. The van der Waals surface area contributed by atoms with Crippen LogP contribution in [-0.4, -0.2) is 24.1 Å². The molecular formula is C29H33F3O3. The van der Waals surface area contributed by atoms with Gasteiger partial charge >= 0.3 is 6.18 Å². The summed E-state index contributed by atoms with van der Waals surface area (Å²) in [6.07, 6.45) is 0.800. The van der Waals surface area contributed by atoms with Crippen LogP contribution in [0, 0.1) is 11.8 Å². The summed E-state index contributed by atoms with van der Waals surface area (Å²) >= 11 is 0. The Morgan fingerprint density at radius 2 is 1.51 bits per heavy atom. The lowest BCUT2D eigenvalue weighted by atomic mass is 9.76. The molecule has 1 unspecified atom stereocenters. The number of aryl methyl sites for hydroxylation is 2. The van der Waals surface area contributed by atoms with Crippen LogP contribution in [0.4, 0.5) is 13.2 Å². The van der Waals surface area contributed by atoms with E-state index in [-0.39, 0.29) is 17.5 Å². The van der Waals surface area contributed by atoms with Crippen molar-refractivity contribution < 1.29 is 27.8 Å². The number of halogens is 3. The van der Waals surface area contributed by atoms with Crippen molar-refractivity contribution in [2.75, 3.05) is 13.2 Å².